The minimum absolute atomic E-state index is 0.428. The molecule has 0 aromatic heterocycles. The highest BCUT2D eigenvalue weighted by Gasteiger charge is 1.99. The van der Waals surface area contributed by atoms with Crippen molar-refractivity contribution in [3.05, 3.63) is 94.5 Å². The normalized spacial score (nSPS) is 10.6. The molecule has 0 saturated carbocycles. The van der Waals surface area contributed by atoms with Crippen LogP contribution < -0.4 is 15.5 Å². The van der Waals surface area contributed by atoms with E-state index in [0.29, 0.717) is 16.7 Å². The van der Waals surface area contributed by atoms with Gasteiger partial charge in [0, 0.05) is 10.7 Å². The smallest absolute Gasteiger partial charge is 0.191 e. The fourth-order valence-corrected chi connectivity index (χ4v) is 2.78. The predicted octanol–water partition coefficient (Wildman–Crippen LogP) is 5.55. The predicted molar refractivity (Wildman–Crippen MR) is 120 cm³/mol. The number of nitrogens with zero attached hydrogens (tertiary/aromatic N) is 1. The van der Waals surface area contributed by atoms with Crippen molar-refractivity contribution < 1.29 is 4.74 Å². The molecule has 0 aliphatic rings. The van der Waals surface area contributed by atoms with Crippen LogP contribution in [0, 0.1) is 6.92 Å². The maximum Gasteiger partial charge on any atom is 0.191 e. The highest BCUT2D eigenvalue weighted by atomic mass is 35.5. The third-order valence-electron chi connectivity index (χ3n) is 3.83. The molecule has 0 aliphatic heterocycles. The second kappa shape index (κ2) is 9.88. The summed E-state index contributed by atoms with van der Waals surface area (Å²) >= 11 is 11.2. The van der Waals surface area contributed by atoms with Gasteiger partial charge >= 0.3 is 0 Å². The van der Waals surface area contributed by atoms with E-state index in [4.69, 9.17) is 28.6 Å². The minimum atomic E-state index is 0.428. The first kappa shape index (κ1) is 19.9. The first-order valence-electron chi connectivity index (χ1n) is 8.72. The Hall–Kier alpha value is -2.89. The van der Waals surface area contributed by atoms with E-state index in [-0.39, 0.29) is 0 Å². The lowest BCUT2D eigenvalue weighted by Gasteiger charge is -2.08. The van der Waals surface area contributed by atoms with Crippen molar-refractivity contribution >= 4 is 40.8 Å². The molecule has 4 nitrogen and oxygen atoms in total. The molecule has 0 radical (unpaired) electrons. The third-order valence-corrected chi connectivity index (χ3v) is 4.28. The number of benzene rings is 3. The zero-order chi connectivity index (χ0) is 19.8. The molecule has 0 saturated heterocycles. The maximum atomic E-state index is 5.90. The standard InChI is InChI=1S/C22H20ClN3OS/c1-16-4-2-6-20(12-16)25-22(28)26-24-14-18-5-3-7-21(13-18)27-15-17-8-10-19(23)11-9-17/h2-14H,15H2,1H3,(H2,25,26,28). The molecule has 3 aromatic rings. The summed E-state index contributed by atoms with van der Waals surface area (Å²) in [6.07, 6.45) is 1.69. The van der Waals surface area contributed by atoms with Gasteiger partial charge in [-0.2, -0.15) is 5.10 Å². The molecular weight excluding hydrogens is 390 g/mol. The lowest BCUT2D eigenvalue weighted by molar-refractivity contribution is 0.306. The number of halogens is 1. The molecule has 3 rings (SSSR count). The summed E-state index contributed by atoms with van der Waals surface area (Å²) in [5.41, 5.74) is 6.85. The molecular formula is C22H20ClN3OS. The zero-order valence-electron chi connectivity index (χ0n) is 15.4. The molecule has 3 aromatic carbocycles. The van der Waals surface area contributed by atoms with Crippen LogP contribution in [0.1, 0.15) is 16.7 Å². The lowest BCUT2D eigenvalue weighted by Crippen LogP contribution is -2.23. The molecule has 0 aliphatic carbocycles. The van der Waals surface area contributed by atoms with Gasteiger partial charge in [0.2, 0.25) is 0 Å². The van der Waals surface area contributed by atoms with Gasteiger partial charge in [-0.15, -0.1) is 0 Å². The van der Waals surface area contributed by atoms with Gasteiger partial charge in [-0.1, -0.05) is 48.0 Å². The van der Waals surface area contributed by atoms with Crippen molar-refractivity contribution in [2.24, 2.45) is 5.10 Å². The summed E-state index contributed by atoms with van der Waals surface area (Å²) in [5, 5.41) is 8.42. The average Bonchev–Trinajstić information content (AvgIpc) is 2.68. The maximum absolute atomic E-state index is 5.90. The molecule has 0 amide bonds. The van der Waals surface area contributed by atoms with E-state index in [0.717, 1.165) is 28.1 Å². The molecule has 28 heavy (non-hydrogen) atoms. The molecule has 142 valence electrons. The number of aryl methyl sites for hydroxylation is 1. The number of thiocarbonyl (C=S) groups is 1. The molecule has 2 N–H and O–H groups in total. The molecule has 6 heteroatoms. The van der Waals surface area contributed by atoms with Crippen LogP contribution in [0.15, 0.2) is 77.9 Å². The Morgan fingerprint density at radius 3 is 2.64 bits per heavy atom. The van der Waals surface area contributed by atoms with Crippen molar-refractivity contribution in [2.75, 3.05) is 5.32 Å². The Labute approximate surface area is 175 Å². The Morgan fingerprint density at radius 2 is 1.86 bits per heavy atom. The van der Waals surface area contributed by atoms with Crippen LogP contribution in [-0.4, -0.2) is 11.3 Å². The fourth-order valence-electron chi connectivity index (χ4n) is 2.48. The van der Waals surface area contributed by atoms with E-state index in [9.17, 15) is 0 Å². The Kier molecular flexibility index (Phi) is 7.00. The Balaban J connectivity index is 1.51. The van der Waals surface area contributed by atoms with Gasteiger partial charge in [0.25, 0.3) is 0 Å². The second-order valence-electron chi connectivity index (χ2n) is 6.18. The first-order chi connectivity index (χ1) is 13.6. The minimum Gasteiger partial charge on any atom is -0.489 e. The molecule has 0 heterocycles. The van der Waals surface area contributed by atoms with E-state index in [1.54, 1.807) is 6.21 Å². The summed E-state index contributed by atoms with van der Waals surface area (Å²) in [6.45, 7) is 2.50. The van der Waals surface area contributed by atoms with Crippen LogP contribution in [0.25, 0.3) is 0 Å². The van der Waals surface area contributed by atoms with Crippen molar-refractivity contribution in [1.29, 1.82) is 0 Å². The highest BCUT2D eigenvalue weighted by molar-refractivity contribution is 7.80. The summed E-state index contributed by atoms with van der Waals surface area (Å²) in [7, 11) is 0. The van der Waals surface area contributed by atoms with Gasteiger partial charge in [-0.25, -0.2) is 0 Å². The number of ether oxygens (including phenoxy) is 1. The first-order valence-corrected chi connectivity index (χ1v) is 9.51. The summed E-state index contributed by atoms with van der Waals surface area (Å²) in [5.74, 6) is 0.763. The number of hydrogen-bond donors (Lipinski definition) is 2. The fraction of sp³-hybridized carbons (Fsp3) is 0.0909. The molecule has 0 bridgehead atoms. The number of hydrazone groups is 1. The summed E-state index contributed by atoms with van der Waals surface area (Å²) in [4.78, 5) is 0. The largest absolute Gasteiger partial charge is 0.489 e. The Morgan fingerprint density at radius 1 is 1.07 bits per heavy atom. The number of rotatable bonds is 6. The van der Waals surface area contributed by atoms with E-state index >= 15 is 0 Å². The second-order valence-corrected chi connectivity index (χ2v) is 7.03. The molecule has 0 atom stereocenters. The molecule has 0 spiro atoms. The van der Waals surface area contributed by atoms with Crippen LogP contribution in [0.2, 0.25) is 5.02 Å². The van der Waals surface area contributed by atoms with Crippen LogP contribution in [0.4, 0.5) is 5.69 Å². The van der Waals surface area contributed by atoms with Crippen molar-refractivity contribution in [3.63, 3.8) is 0 Å². The van der Waals surface area contributed by atoms with Gasteiger partial charge in [0.15, 0.2) is 5.11 Å². The number of anilines is 1. The third kappa shape index (κ3) is 6.37. The zero-order valence-corrected chi connectivity index (χ0v) is 16.9. The molecule has 0 unspecified atom stereocenters. The van der Waals surface area contributed by atoms with Gasteiger partial charge in [-0.3, -0.25) is 5.43 Å². The van der Waals surface area contributed by atoms with E-state index in [1.165, 1.54) is 0 Å². The van der Waals surface area contributed by atoms with Gasteiger partial charge in [0.1, 0.15) is 12.4 Å². The van der Waals surface area contributed by atoms with Crippen molar-refractivity contribution in [1.82, 2.24) is 5.43 Å². The monoisotopic (exact) mass is 409 g/mol. The van der Waals surface area contributed by atoms with Gasteiger partial charge in [0.05, 0.1) is 6.21 Å². The van der Waals surface area contributed by atoms with Gasteiger partial charge in [-0.05, 0) is 72.2 Å². The Bertz CT molecular complexity index is 974. The lowest BCUT2D eigenvalue weighted by atomic mass is 10.2. The number of hydrogen-bond acceptors (Lipinski definition) is 3. The number of nitrogens with one attached hydrogen (secondary N) is 2. The SMILES string of the molecule is Cc1cccc(NC(=S)NN=Cc2cccc(OCc3ccc(Cl)cc3)c2)c1. The van der Waals surface area contributed by atoms with Crippen molar-refractivity contribution in [3.8, 4) is 5.75 Å². The van der Waals surface area contributed by atoms with Crippen LogP contribution in [-0.2, 0) is 6.61 Å². The van der Waals surface area contributed by atoms with Crippen molar-refractivity contribution in [2.45, 2.75) is 13.5 Å². The topological polar surface area (TPSA) is 45.7 Å². The van der Waals surface area contributed by atoms with E-state index in [2.05, 4.69) is 15.8 Å². The van der Waals surface area contributed by atoms with Crippen LogP contribution in [0.5, 0.6) is 5.75 Å². The van der Waals surface area contributed by atoms with Crippen LogP contribution >= 0.6 is 23.8 Å². The van der Waals surface area contributed by atoms with Crippen LogP contribution in [0.3, 0.4) is 0 Å². The molecule has 0 fully saturated rings. The summed E-state index contributed by atoms with van der Waals surface area (Å²) < 4.78 is 5.83. The average molecular weight is 410 g/mol. The van der Waals surface area contributed by atoms with Gasteiger partial charge < -0.3 is 10.1 Å². The van der Waals surface area contributed by atoms with E-state index in [1.807, 2.05) is 79.7 Å². The summed E-state index contributed by atoms with van der Waals surface area (Å²) in [6, 6.07) is 23.2. The highest BCUT2D eigenvalue weighted by Crippen LogP contribution is 2.16. The van der Waals surface area contributed by atoms with E-state index < -0.39 is 0 Å². The quantitative estimate of drug-likeness (QED) is 0.318.